The van der Waals surface area contributed by atoms with Gasteiger partial charge in [0.25, 0.3) is 0 Å². The monoisotopic (exact) mass is 185 g/mol. The van der Waals surface area contributed by atoms with Gasteiger partial charge in [0.1, 0.15) is 5.82 Å². The van der Waals surface area contributed by atoms with E-state index in [1.807, 2.05) is 12.3 Å². The summed E-state index contributed by atoms with van der Waals surface area (Å²) in [6.07, 6.45) is 2.81. The van der Waals surface area contributed by atoms with Crippen molar-refractivity contribution in [2.75, 3.05) is 11.0 Å². The van der Waals surface area contributed by atoms with Gasteiger partial charge in [-0.05, 0) is 24.1 Å². The van der Waals surface area contributed by atoms with E-state index in [9.17, 15) is 4.39 Å². The van der Waals surface area contributed by atoms with Crippen molar-refractivity contribution in [1.82, 2.24) is 0 Å². The molecule has 0 unspecified atom stereocenters. The van der Waals surface area contributed by atoms with E-state index < -0.39 is 0 Å². The van der Waals surface area contributed by atoms with Crippen LogP contribution >= 0.6 is 11.9 Å². The highest BCUT2D eigenvalue weighted by Crippen LogP contribution is 2.18. The highest BCUT2D eigenvalue weighted by molar-refractivity contribution is 7.99. The Morgan fingerprint density at radius 2 is 2.25 bits per heavy atom. The number of rotatable bonds is 3. The van der Waals surface area contributed by atoms with Crippen LogP contribution in [0.3, 0.4) is 0 Å². The molecule has 0 radical (unpaired) electrons. The smallest absolute Gasteiger partial charge is 0.147 e. The number of halogens is 1. The molecule has 1 aromatic carbocycles. The lowest BCUT2D eigenvalue weighted by Crippen LogP contribution is -1.91. The third-order valence-electron chi connectivity index (χ3n) is 1.65. The number of nitrogens with one attached hydrogen (secondary N) is 1. The fourth-order valence-electron chi connectivity index (χ4n) is 0.981. The second kappa shape index (κ2) is 4.36. The Balaban J connectivity index is 2.91. The van der Waals surface area contributed by atoms with Crippen molar-refractivity contribution in [2.24, 2.45) is 0 Å². The second-order valence-electron chi connectivity index (χ2n) is 2.47. The van der Waals surface area contributed by atoms with Crippen molar-refractivity contribution in [3.63, 3.8) is 0 Å². The lowest BCUT2D eigenvalue weighted by Gasteiger charge is -2.05. The normalized spacial score (nSPS) is 9.92. The van der Waals surface area contributed by atoms with E-state index in [1.54, 1.807) is 6.07 Å². The molecule has 3 heteroatoms. The molecular weight excluding hydrogens is 173 g/mol. The predicted octanol–water partition coefficient (Wildman–Crippen LogP) is 3.08. The van der Waals surface area contributed by atoms with Crippen LogP contribution in [0.15, 0.2) is 18.2 Å². The van der Waals surface area contributed by atoms with Crippen LogP contribution in [-0.4, -0.2) is 6.26 Å². The van der Waals surface area contributed by atoms with Gasteiger partial charge in [0.15, 0.2) is 0 Å². The molecule has 0 aliphatic heterocycles. The predicted molar refractivity (Wildman–Crippen MR) is 52.9 cm³/mol. The van der Waals surface area contributed by atoms with Crippen LogP contribution in [0.5, 0.6) is 0 Å². The molecule has 0 atom stereocenters. The molecule has 0 amide bonds. The van der Waals surface area contributed by atoms with Gasteiger partial charge in [-0.1, -0.05) is 24.9 Å². The Bertz CT molecular complexity index is 263. The van der Waals surface area contributed by atoms with Crippen LogP contribution in [0.2, 0.25) is 0 Å². The summed E-state index contributed by atoms with van der Waals surface area (Å²) in [6, 6.07) is 5.14. The average Bonchev–Trinajstić information content (AvgIpc) is 2.09. The summed E-state index contributed by atoms with van der Waals surface area (Å²) < 4.78 is 15.9. The van der Waals surface area contributed by atoms with Crippen molar-refractivity contribution in [3.05, 3.63) is 29.6 Å². The topological polar surface area (TPSA) is 12.0 Å². The summed E-state index contributed by atoms with van der Waals surface area (Å²) in [5, 5.41) is 0. The van der Waals surface area contributed by atoms with Gasteiger partial charge >= 0.3 is 0 Å². The number of anilines is 1. The Labute approximate surface area is 76.5 Å². The molecule has 0 aromatic heterocycles. The molecule has 0 saturated carbocycles. The lowest BCUT2D eigenvalue weighted by molar-refractivity contribution is 0.632. The van der Waals surface area contributed by atoms with Gasteiger partial charge in [0.05, 0.1) is 5.69 Å². The van der Waals surface area contributed by atoms with Crippen LogP contribution in [-0.2, 0) is 6.42 Å². The van der Waals surface area contributed by atoms with Crippen LogP contribution in [0.1, 0.15) is 12.5 Å². The van der Waals surface area contributed by atoms with Crippen LogP contribution in [0.25, 0.3) is 0 Å². The minimum Gasteiger partial charge on any atom is -0.328 e. The zero-order chi connectivity index (χ0) is 8.97. The van der Waals surface area contributed by atoms with Gasteiger partial charge in [-0.15, -0.1) is 0 Å². The molecule has 1 nitrogen and oxygen atoms in total. The summed E-state index contributed by atoms with van der Waals surface area (Å²) in [4.78, 5) is 0. The molecule has 1 aromatic rings. The van der Waals surface area contributed by atoms with E-state index in [2.05, 4.69) is 11.6 Å². The Hall–Kier alpha value is -0.700. The lowest BCUT2D eigenvalue weighted by atomic mass is 10.1. The standard InChI is InChI=1S/C9H12FNS/c1-3-7-4-5-8(10)9(6-7)11-12-2/h4-6,11H,3H2,1-2H3. The summed E-state index contributed by atoms with van der Waals surface area (Å²) in [5.74, 6) is -0.193. The first-order valence-electron chi connectivity index (χ1n) is 3.85. The fourth-order valence-corrected chi connectivity index (χ4v) is 1.36. The van der Waals surface area contributed by atoms with E-state index in [4.69, 9.17) is 0 Å². The van der Waals surface area contributed by atoms with E-state index in [-0.39, 0.29) is 5.82 Å². The summed E-state index contributed by atoms with van der Waals surface area (Å²) in [7, 11) is 0. The van der Waals surface area contributed by atoms with Crippen LogP contribution < -0.4 is 4.72 Å². The van der Waals surface area contributed by atoms with Crippen LogP contribution in [0, 0.1) is 5.82 Å². The first-order chi connectivity index (χ1) is 5.77. The van der Waals surface area contributed by atoms with Crippen LogP contribution in [0.4, 0.5) is 10.1 Å². The molecule has 1 rings (SSSR count). The SMILES string of the molecule is CCc1ccc(F)c(NSC)c1. The molecular formula is C9H12FNS. The molecule has 0 bridgehead atoms. The van der Waals surface area contributed by atoms with Gasteiger partial charge < -0.3 is 4.72 Å². The molecule has 0 aliphatic carbocycles. The van der Waals surface area contributed by atoms with Crippen molar-refractivity contribution in [2.45, 2.75) is 13.3 Å². The van der Waals surface area contributed by atoms with Crippen molar-refractivity contribution < 1.29 is 4.39 Å². The highest BCUT2D eigenvalue weighted by Gasteiger charge is 2.00. The quantitative estimate of drug-likeness (QED) is 0.726. The zero-order valence-electron chi connectivity index (χ0n) is 7.23. The molecule has 1 N–H and O–H groups in total. The first kappa shape index (κ1) is 9.39. The molecule has 66 valence electrons. The number of hydrogen-bond acceptors (Lipinski definition) is 2. The number of aryl methyl sites for hydroxylation is 1. The maximum absolute atomic E-state index is 13.0. The van der Waals surface area contributed by atoms with Gasteiger partial charge in [-0.3, -0.25) is 0 Å². The molecule has 0 saturated heterocycles. The number of hydrogen-bond donors (Lipinski definition) is 1. The van der Waals surface area contributed by atoms with E-state index in [1.165, 1.54) is 18.0 Å². The Morgan fingerprint density at radius 1 is 1.50 bits per heavy atom. The largest absolute Gasteiger partial charge is 0.328 e. The third kappa shape index (κ3) is 2.14. The van der Waals surface area contributed by atoms with E-state index in [0.717, 1.165) is 12.0 Å². The molecule has 0 heterocycles. The Kier molecular flexibility index (Phi) is 3.41. The van der Waals surface area contributed by atoms with Crippen molar-refractivity contribution in [3.8, 4) is 0 Å². The summed E-state index contributed by atoms with van der Waals surface area (Å²) >= 11 is 1.40. The van der Waals surface area contributed by atoms with Gasteiger partial charge in [-0.25, -0.2) is 4.39 Å². The highest BCUT2D eigenvalue weighted by atomic mass is 32.2. The van der Waals surface area contributed by atoms with Crippen molar-refractivity contribution >= 4 is 17.6 Å². The van der Waals surface area contributed by atoms with E-state index >= 15 is 0 Å². The number of benzene rings is 1. The van der Waals surface area contributed by atoms with Gasteiger partial charge in [-0.2, -0.15) is 0 Å². The first-order valence-corrected chi connectivity index (χ1v) is 5.07. The average molecular weight is 185 g/mol. The second-order valence-corrected chi connectivity index (χ2v) is 3.09. The summed E-state index contributed by atoms with van der Waals surface area (Å²) in [6.45, 7) is 2.05. The minimum atomic E-state index is -0.193. The Morgan fingerprint density at radius 3 is 2.83 bits per heavy atom. The summed E-state index contributed by atoms with van der Waals surface area (Å²) in [5.41, 5.74) is 1.72. The molecule has 0 fully saturated rings. The maximum atomic E-state index is 13.0. The third-order valence-corrected chi connectivity index (χ3v) is 2.08. The fraction of sp³-hybridized carbons (Fsp3) is 0.333. The molecule has 12 heavy (non-hydrogen) atoms. The van der Waals surface area contributed by atoms with Gasteiger partial charge in [0, 0.05) is 6.26 Å². The van der Waals surface area contributed by atoms with Crippen molar-refractivity contribution in [1.29, 1.82) is 0 Å². The molecule has 0 spiro atoms. The van der Waals surface area contributed by atoms with E-state index in [0.29, 0.717) is 5.69 Å². The maximum Gasteiger partial charge on any atom is 0.147 e. The zero-order valence-corrected chi connectivity index (χ0v) is 8.04. The minimum absolute atomic E-state index is 0.193. The molecule has 0 aliphatic rings. The van der Waals surface area contributed by atoms with Gasteiger partial charge in [0.2, 0.25) is 0 Å².